The number of nitrogens with zero attached hydrogens (tertiary/aromatic N) is 1. The summed E-state index contributed by atoms with van der Waals surface area (Å²) in [6, 6.07) is 9.90. The second-order valence-corrected chi connectivity index (χ2v) is 7.63. The maximum Gasteiger partial charge on any atom is 0.326 e. The third kappa shape index (κ3) is 3.38. The van der Waals surface area contributed by atoms with Gasteiger partial charge in [0, 0.05) is 12.1 Å². The van der Waals surface area contributed by atoms with Crippen LogP contribution in [0.3, 0.4) is 0 Å². The highest BCUT2D eigenvalue weighted by atomic mass is 16.5. The van der Waals surface area contributed by atoms with E-state index < -0.39 is 12.0 Å². The Morgan fingerprint density at radius 3 is 2.54 bits per heavy atom. The van der Waals surface area contributed by atoms with Crippen LogP contribution >= 0.6 is 0 Å². The first-order chi connectivity index (χ1) is 13.5. The Bertz CT molecular complexity index is 867. The molecule has 2 aromatic rings. The number of carbonyl (C=O) groups excluding carboxylic acids is 1. The topological polar surface area (TPSA) is 92.0 Å². The third-order valence-electron chi connectivity index (χ3n) is 5.91. The number of carbonyl (C=O) groups is 2. The number of amides is 1. The molecule has 1 aromatic carbocycles. The predicted molar refractivity (Wildman–Crippen MR) is 102 cm³/mol. The van der Waals surface area contributed by atoms with E-state index in [0.717, 1.165) is 37.2 Å². The van der Waals surface area contributed by atoms with E-state index in [9.17, 15) is 14.7 Å². The fraction of sp³-hybridized carbons (Fsp3) is 0.429. The lowest BCUT2D eigenvalue weighted by Crippen LogP contribution is -2.41. The molecule has 0 radical (unpaired) electrons. The Balaban J connectivity index is 1.56. The molecule has 28 heavy (non-hydrogen) atoms. The van der Waals surface area contributed by atoms with Crippen molar-refractivity contribution in [3.05, 3.63) is 42.2 Å². The van der Waals surface area contributed by atoms with E-state index in [2.05, 4.69) is 5.32 Å². The van der Waals surface area contributed by atoms with Crippen LogP contribution in [0.5, 0.6) is 5.75 Å². The minimum Gasteiger partial charge on any atom is -0.497 e. The van der Waals surface area contributed by atoms with Crippen molar-refractivity contribution < 1.29 is 23.8 Å². The Morgan fingerprint density at radius 2 is 1.89 bits per heavy atom. The van der Waals surface area contributed by atoms with Crippen LogP contribution in [0.25, 0.3) is 11.3 Å². The number of hydrogen-bond donors (Lipinski definition) is 2. The molecule has 1 spiro atoms. The van der Waals surface area contributed by atoms with Gasteiger partial charge in [-0.15, -0.1) is 0 Å². The molecule has 2 N–H and O–H groups in total. The van der Waals surface area contributed by atoms with Crippen LogP contribution in [0.4, 0.5) is 0 Å². The Labute approximate surface area is 163 Å². The molecule has 7 nitrogen and oxygen atoms in total. The van der Waals surface area contributed by atoms with Gasteiger partial charge in [0.05, 0.1) is 7.11 Å². The lowest BCUT2D eigenvalue weighted by Gasteiger charge is -2.33. The number of methoxy groups -OCH3 is 1. The summed E-state index contributed by atoms with van der Waals surface area (Å²) in [5, 5.41) is 13.0. The van der Waals surface area contributed by atoms with Gasteiger partial charge in [0.15, 0.2) is 5.76 Å². The zero-order chi connectivity index (χ0) is 19.7. The Morgan fingerprint density at radius 1 is 1.18 bits per heavy atom. The number of rotatable bonds is 4. The monoisotopic (exact) mass is 384 g/mol. The minimum atomic E-state index is -0.953. The molecule has 1 amide bonds. The minimum absolute atomic E-state index is 0.116. The Hall–Kier alpha value is -2.80. The van der Waals surface area contributed by atoms with E-state index in [-0.39, 0.29) is 17.1 Å². The van der Waals surface area contributed by atoms with Gasteiger partial charge in [0.2, 0.25) is 0 Å². The van der Waals surface area contributed by atoms with Gasteiger partial charge >= 0.3 is 5.97 Å². The molecule has 2 saturated heterocycles. The van der Waals surface area contributed by atoms with Crippen LogP contribution in [0, 0.1) is 5.41 Å². The van der Waals surface area contributed by atoms with Gasteiger partial charge in [0.1, 0.15) is 17.6 Å². The van der Waals surface area contributed by atoms with Crippen molar-refractivity contribution in [2.45, 2.75) is 25.3 Å². The molecule has 2 aliphatic heterocycles. The Kier molecular flexibility index (Phi) is 4.85. The average Bonchev–Trinajstić information content (AvgIpc) is 3.34. The molecule has 1 aromatic heterocycles. The summed E-state index contributed by atoms with van der Waals surface area (Å²) >= 11 is 0. The first kappa shape index (κ1) is 18.6. The number of furan rings is 1. The summed E-state index contributed by atoms with van der Waals surface area (Å²) in [7, 11) is 1.60. The molecular weight excluding hydrogens is 360 g/mol. The van der Waals surface area contributed by atoms with Crippen LogP contribution in [-0.2, 0) is 4.79 Å². The van der Waals surface area contributed by atoms with Gasteiger partial charge < -0.3 is 24.5 Å². The summed E-state index contributed by atoms with van der Waals surface area (Å²) in [6.07, 6.45) is 2.27. The molecule has 0 bridgehead atoms. The van der Waals surface area contributed by atoms with Crippen molar-refractivity contribution in [1.82, 2.24) is 10.2 Å². The van der Waals surface area contributed by atoms with Crippen molar-refractivity contribution >= 4 is 11.9 Å². The number of aliphatic carboxylic acids is 1. The van der Waals surface area contributed by atoms with Gasteiger partial charge in [-0.25, -0.2) is 4.79 Å². The maximum atomic E-state index is 13.1. The second kappa shape index (κ2) is 7.31. The van der Waals surface area contributed by atoms with Crippen molar-refractivity contribution in [2.24, 2.45) is 5.41 Å². The molecule has 3 heterocycles. The summed E-state index contributed by atoms with van der Waals surface area (Å²) < 4.78 is 10.9. The summed E-state index contributed by atoms with van der Waals surface area (Å²) in [5.74, 6) is 0.158. The van der Waals surface area contributed by atoms with Crippen LogP contribution in [0.2, 0.25) is 0 Å². The largest absolute Gasteiger partial charge is 0.497 e. The molecule has 1 atom stereocenters. The zero-order valence-corrected chi connectivity index (χ0v) is 15.8. The normalized spacial score (nSPS) is 21.0. The smallest absolute Gasteiger partial charge is 0.326 e. The molecule has 1 unspecified atom stereocenters. The van der Waals surface area contributed by atoms with Crippen molar-refractivity contribution in [3.63, 3.8) is 0 Å². The summed E-state index contributed by atoms with van der Waals surface area (Å²) in [5.41, 5.74) is 0.709. The average molecular weight is 384 g/mol. The fourth-order valence-corrected chi connectivity index (χ4v) is 4.31. The number of likely N-dealkylation sites (tertiary alicyclic amines) is 1. The van der Waals surface area contributed by atoms with Crippen LogP contribution in [0.15, 0.2) is 40.8 Å². The van der Waals surface area contributed by atoms with Crippen molar-refractivity contribution in [3.8, 4) is 17.1 Å². The number of nitrogens with one attached hydrogen (secondary N) is 1. The zero-order valence-electron chi connectivity index (χ0n) is 15.8. The summed E-state index contributed by atoms with van der Waals surface area (Å²) in [6.45, 7) is 2.18. The van der Waals surface area contributed by atoms with Gasteiger partial charge in [-0.1, -0.05) is 0 Å². The van der Waals surface area contributed by atoms with Crippen LogP contribution in [0.1, 0.15) is 29.8 Å². The highest BCUT2D eigenvalue weighted by Crippen LogP contribution is 2.42. The van der Waals surface area contributed by atoms with E-state index in [1.54, 1.807) is 19.2 Å². The van der Waals surface area contributed by atoms with E-state index in [0.29, 0.717) is 18.7 Å². The number of carboxylic acids is 1. The predicted octanol–water partition coefficient (Wildman–Crippen LogP) is 2.62. The number of hydrogen-bond acceptors (Lipinski definition) is 5. The number of carboxylic acid groups (broad SMARTS) is 1. The van der Waals surface area contributed by atoms with Crippen LogP contribution < -0.4 is 10.1 Å². The SMILES string of the molecule is COc1ccc(-c2ccc(C(=O)N3CC4(CCNCC4)CC3C(=O)O)o2)cc1. The standard InChI is InChI=1S/C21H24N2O5/c1-27-15-4-2-14(3-5-15)17-6-7-18(28-17)19(24)23-13-21(8-10-22-11-9-21)12-16(23)20(25)26/h2-7,16,22H,8-13H2,1H3,(H,25,26). The molecule has 0 saturated carbocycles. The van der Waals surface area contributed by atoms with Crippen LogP contribution in [-0.4, -0.2) is 54.7 Å². The lowest BCUT2D eigenvalue weighted by molar-refractivity contribution is -0.141. The quantitative estimate of drug-likeness (QED) is 0.842. The highest BCUT2D eigenvalue weighted by Gasteiger charge is 2.49. The maximum absolute atomic E-state index is 13.1. The molecule has 2 fully saturated rings. The van der Waals surface area contributed by atoms with E-state index in [4.69, 9.17) is 9.15 Å². The molecule has 0 aliphatic carbocycles. The third-order valence-corrected chi connectivity index (χ3v) is 5.91. The van der Waals surface area contributed by atoms with Gasteiger partial charge in [-0.2, -0.15) is 0 Å². The lowest BCUT2D eigenvalue weighted by atomic mass is 9.77. The molecular formula is C21H24N2O5. The second-order valence-electron chi connectivity index (χ2n) is 7.63. The molecule has 7 heteroatoms. The van der Waals surface area contributed by atoms with E-state index in [1.807, 2.05) is 24.3 Å². The highest BCUT2D eigenvalue weighted by molar-refractivity contribution is 5.95. The first-order valence-electron chi connectivity index (χ1n) is 9.50. The van der Waals surface area contributed by atoms with Crippen molar-refractivity contribution in [2.75, 3.05) is 26.7 Å². The van der Waals surface area contributed by atoms with Crippen molar-refractivity contribution in [1.29, 1.82) is 0 Å². The summed E-state index contributed by atoms with van der Waals surface area (Å²) in [4.78, 5) is 26.4. The number of benzene rings is 1. The molecule has 4 rings (SSSR count). The van der Waals surface area contributed by atoms with E-state index in [1.165, 1.54) is 4.90 Å². The molecule has 2 aliphatic rings. The van der Waals surface area contributed by atoms with Gasteiger partial charge in [-0.3, -0.25) is 4.79 Å². The fourth-order valence-electron chi connectivity index (χ4n) is 4.31. The number of piperidine rings is 1. The van der Waals surface area contributed by atoms with E-state index >= 15 is 0 Å². The molecule has 148 valence electrons. The van der Waals surface area contributed by atoms with Gasteiger partial charge in [0.25, 0.3) is 5.91 Å². The number of ether oxygens (including phenoxy) is 1. The first-order valence-corrected chi connectivity index (χ1v) is 9.50. The van der Waals surface area contributed by atoms with Gasteiger partial charge in [-0.05, 0) is 74.2 Å².